The predicted octanol–water partition coefficient (Wildman–Crippen LogP) is 2.77. The smallest absolute Gasteiger partial charge is 0.248 e. The highest BCUT2D eigenvalue weighted by Gasteiger charge is 2.30. The fraction of sp³-hybridized carbons (Fsp3) is 0.304. The van der Waals surface area contributed by atoms with E-state index in [0.717, 1.165) is 10.9 Å². The monoisotopic (exact) mass is 434 g/mol. The van der Waals surface area contributed by atoms with Crippen molar-refractivity contribution < 1.29 is 13.9 Å². The molecule has 4 aromatic rings. The van der Waals surface area contributed by atoms with Gasteiger partial charge in [-0.3, -0.25) is 4.79 Å². The summed E-state index contributed by atoms with van der Waals surface area (Å²) < 4.78 is 21.5. The first-order chi connectivity index (χ1) is 15.6. The summed E-state index contributed by atoms with van der Waals surface area (Å²) in [6, 6.07) is 14.2. The van der Waals surface area contributed by atoms with E-state index in [-0.39, 0.29) is 24.4 Å². The third-order valence-corrected chi connectivity index (χ3v) is 5.84. The molecule has 0 N–H and O–H groups in total. The van der Waals surface area contributed by atoms with Crippen molar-refractivity contribution in [3.05, 3.63) is 54.3 Å². The summed E-state index contributed by atoms with van der Waals surface area (Å²) in [6.45, 7) is 3.75. The van der Waals surface area contributed by atoms with Gasteiger partial charge in [0.25, 0.3) is 0 Å². The molecule has 1 aliphatic rings. The summed E-state index contributed by atoms with van der Waals surface area (Å²) in [5, 5.41) is 9.59. The molecule has 32 heavy (non-hydrogen) atoms. The number of piperazine rings is 1. The van der Waals surface area contributed by atoms with Crippen LogP contribution in [0.3, 0.4) is 0 Å². The SMILES string of the molecule is COCC(=O)N1CCN(c2nc3ccccc3c3nnc(-c4ccccc4F)n23)CC1C. The highest BCUT2D eigenvalue weighted by molar-refractivity contribution is 5.93. The first-order valence-electron chi connectivity index (χ1n) is 10.5. The molecule has 1 atom stereocenters. The van der Waals surface area contributed by atoms with Gasteiger partial charge in [-0.25, -0.2) is 13.8 Å². The van der Waals surface area contributed by atoms with Gasteiger partial charge >= 0.3 is 0 Å². The van der Waals surface area contributed by atoms with E-state index < -0.39 is 0 Å². The van der Waals surface area contributed by atoms with E-state index in [1.54, 1.807) is 18.2 Å². The van der Waals surface area contributed by atoms with Gasteiger partial charge in [0.05, 0.1) is 11.1 Å². The summed E-state index contributed by atoms with van der Waals surface area (Å²) in [5.74, 6) is 0.626. The number of carbonyl (C=O) groups excluding carboxylic acids is 1. The number of hydrogen-bond acceptors (Lipinski definition) is 6. The van der Waals surface area contributed by atoms with Crippen LogP contribution in [0.25, 0.3) is 27.9 Å². The van der Waals surface area contributed by atoms with Crippen LogP contribution in [0.2, 0.25) is 0 Å². The third-order valence-electron chi connectivity index (χ3n) is 5.84. The minimum Gasteiger partial charge on any atom is -0.375 e. The fourth-order valence-electron chi connectivity index (χ4n) is 4.31. The summed E-state index contributed by atoms with van der Waals surface area (Å²) in [7, 11) is 1.52. The number of fused-ring (bicyclic) bond motifs is 3. The molecule has 1 fully saturated rings. The molecular weight excluding hydrogens is 411 g/mol. The Balaban J connectivity index is 1.64. The van der Waals surface area contributed by atoms with Crippen molar-refractivity contribution in [1.82, 2.24) is 24.5 Å². The molecule has 9 heteroatoms. The molecule has 8 nitrogen and oxygen atoms in total. The predicted molar refractivity (Wildman–Crippen MR) is 119 cm³/mol. The van der Waals surface area contributed by atoms with Gasteiger partial charge in [-0.1, -0.05) is 24.3 Å². The summed E-state index contributed by atoms with van der Waals surface area (Å²) in [4.78, 5) is 21.2. The molecule has 0 bridgehead atoms. The van der Waals surface area contributed by atoms with Crippen LogP contribution < -0.4 is 4.90 Å². The second-order valence-corrected chi connectivity index (χ2v) is 7.91. The lowest BCUT2D eigenvalue weighted by Crippen LogP contribution is -2.55. The van der Waals surface area contributed by atoms with Crippen molar-refractivity contribution >= 4 is 28.4 Å². The van der Waals surface area contributed by atoms with Gasteiger partial charge in [0, 0.05) is 38.2 Å². The molecule has 164 valence electrons. The van der Waals surface area contributed by atoms with Crippen LogP contribution in [0.15, 0.2) is 48.5 Å². The zero-order chi connectivity index (χ0) is 22.2. The Hall–Kier alpha value is -3.59. The number of halogens is 1. The van der Waals surface area contributed by atoms with Crippen molar-refractivity contribution in [2.24, 2.45) is 0 Å². The summed E-state index contributed by atoms with van der Waals surface area (Å²) >= 11 is 0. The summed E-state index contributed by atoms with van der Waals surface area (Å²) in [5.41, 5.74) is 1.77. The second kappa shape index (κ2) is 8.16. The maximum absolute atomic E-state index is 14.7. The van der Waals surface area contributed by atoms with E-state index >= 15 is 0 Å². The van der Waals surface area contributed by atoms with Gasteiger partial charge in [-0.2, -0.15) is 0 Å². The van der Waals surface area contributed by atoms with Crippen LogP contribution >= 0.6 is 0 Å². The third kappa shape index (κ3) is 3.34. The van der Waals surface area contributed by atoms with Crippen molar-refractivity contribution in [3.63, 3.8) is 0 Å². The van der Waals surface area contributed by atoms with E-state index in [2.05, 4.69) is 15.1 Å². The van der Waals surface area contributed by atoms with Crippen molar-refractivity contribution in [1.29, 1.82) is 0 Å². The maximum Gasteiger partial charge on any atom is 0.248 e. The van der Waals surface area contributed by atoms with Crippen molar-refractivity contribution in [2.45, 2.75) is 13.0 Å². The normalized spacial score (nSPS) is 16.8. The molecule has 1 saturated heterocycles. The number of hydrogen-bond donors (Lipinski definition) is 0. The Morgan fingerprint density at radius 1 is 1.12 bits per heavy atom. The fourth-order valence-corrected chi connectivity index (χ4v) is 4.31. The number of aromatic nitrogens is 4. The van der Waals surface area contributed by atoms with Gasteiger partial charge in [0.1, 0.15) is 12.4 Å². The van der Waals surface area contributed by atoms with E-state index in [4.69, 9.17) is 9.72 Å². The molecule has 2 aromatic carbocycles. The molecule has 0 radical (unpaired) electrons. The van der Waals surface area contributed by atoms with Crippen LogP contribution in [-0.2, 0) is 9.53 Å². The number of benzene rings is 2. The van der Waals surface area contributed by atoms with E-state index in [1.165, 1.54) is 13.2 Å². The topological polar surface area (TPSA) is 75.9 Å². The molecule has 0 aliphatic carbocycles. The number of ether oxygens (including phenoxy) is 1. The lowest BCUT2D eigenvalue weighted by Gasteiger charge is -2.40. The number of para-hydroxylation sites is 1. The molecule has 1 amide bonds. The van der Waals surface area contributed by atoms with Crippen LogP contribution in [-0.4, -0.2) is 69.8 Å². The first-order valence-corrected chi connectivity index (χ1v) is 10.5. The van der Waals surface area contributed by atoms with Crippen molar-refractivity contribution in [2.75, 3.05) is 38.3 Å². The van der Waals surface area contributed by atoms with Gasteiger partial charge in [0.15, 0.2) is 11.5 Å². The molecule has 5 rings (SSSR count). The largest absolute Gasteiger partial charge is 0.375 e. The number of carbonyl (C=O) groups is 1. The average Bonchev–Trinajstić information content (AvgIpc) is 3.24. The van der Waals surface area contributed by atoms with Gasteiger partial charge in [-0.05, 0) is 31.2 Å². The molecule has 1 aliphatic heterocycles. The Kier molecular flexibility index (Phi) is 5.18. The highest BCUT2D eigenvalue weighted by Crippen LogP contribution is 2.30. The van der Waals surface area contributed by atoms with E-state index in [9.17, 15) is 9.18 Å². The lowest BCUT2D eigenvalue weighted by molar-refractivity contribution is -0.137. The average molecular weight is 434 g/mol. The number of amides is 1. The number of rotatable bonds is 4. The first kappa shape index (κ1) is 20.3. The number of anilines is 1. The molecule has 0 saturated carbocycles. The van der Waals surface area contributed by atoms with Gasteiger partial charge in [-0.15, -0.1) is 10.2 Å². The highest BCUT2D eigenvalue weighted by atomic mass is 19.1. The molecule has 1 unspecified atom stereocenters. The molecule has 2 aromatic heterocycles. The zero-order valence-corrected chi connectivity index (χ0v) is 17.9. The Morgan fingerprint density at radius 2 is 1.91 bits per heavy atom. The lowest BCUT2D eigenvalue weighted by atomic mass is 10.1. The Bertz CT molecular complexity index is 1310. The zero-order valence-electron chi connectivity index (χ0n) is 17.9. The Labute approximate surface area is 184 Å². The quantitative estimate of drug-likeness (QED) is 0.492. The van der Waals surface area contributed by atoms with Crippen LogP contribution in [0.1, 0.15) is 6.92 Å². The molecule has 3 heterocycles. The second-order valence-electron chi connectivity index (χ2n) is 7.91. The maximum atomic E-state index is 14.7. The van der Waals surface area contributed by atoms with Gasteiger partial charge in [0.2, 0.25) is 11.9 Å². The number of nitrogens with zero attached hydrogens (tertiary/aromatic N) is 6. The minimum atomic E-state index is -0.371. The standard InChI is InChI=1S/C23H23FN6O2/c1-15-13-28(11-12-29(15)20(31)14-32-2)23-25-19-10-6-4-8-17(19)22-27-26-21(30(22)23)16-7-3-5-9-18(16)24/h3-10,15H,11-14H2,1-2H3. The van der Waals surface area contributed by atoms with Crippen LogP contribution in [0, 0.1) is 5.82 Å². The molecular formula is C23H23FN6O2. The van der Waals surface area contributed by atoms with E-state index in [0.29, 0.717) is 42.6 Å². The minimum absolute atomic E-state index is 0.0346. The van der Waals surface area contributed by atoms with Crippen molar-refractivity contribution in [3.8, 4) is 11.4 Å². The van der Waals surface area contributed by atoms with Crippen LogP contribution in [0.5, 0.6) is 0 Å². The number of methoxy groups -OCH3 is 1. The molecule has 0 spiro atoms. The van der Waals surface area contributed by atoms with E-state index in [1.807, 2.05) is 40.5 Å². The Morgan fingerprint density at radius 3 is 2.69 bits per heavy atom. The summed E-state index contributed by atoms with van der Waals surface area (Å²) in [6.07, 6.45) is 0. The van der Waals surface area contributed by atoms with Gasteiger partial charge < -0.3 is 14.5 Å². The van der Waals surface area contributed by atoms with Crippen LogP contribution in [0.4, 0.5) is 10.3 Å².